The maximum Gasteiger partial charge on any atom is 0.225 e. The highest BCUT2D eigenvalue weighted by Crippen LogP contribution is 2.20. The van der Waals surface area contributed by atoms with Crippen molar-refractivity contribution in [3.63, 3.8) is 0 Å². The molecule has 1 unspecified atom stereocenters. The first-order valence-corrected chi connectivity index (χ1v) is 5.87. The van der Waals surface area contributed by atoms with Gasteiger partial charge in [-0.05, 0) is 20.3 Å². The third kappa shape index (κ3) is 2.34. The number of carbonyl (C=O) groups is 1. The summed E-state index contributed by atoms with van der Waals surface area (Å²) in [6.07, 6.45) is 0.303. The summed E-state index contributed by atoms with van der Waals surface area (Å²) in [6, 6.07) is 0. The molecule has 5 heteroatoms. The van der Waals surface area contributed by atoms with Crippen molar-refractivity contribution in [2.24, 2.45) is 5.92 Å². The number of likely N-dealkylation sites (tertiary alicyclic amines) is 1. The lowest BCUT2D eigenvalue weighted by Crippen LogP contribution is -2.55. The first kappa shape index (κ1) is 12.1. The highest BCUT2D eigenvalue weighted by Gasteiger charge is 2.32. The van der Waals surface area contributed by atoms with E-state index in [0.29, 0.717) is 19.5 Å². The van der Waals surface area contributed by atoms with Crippen LogP contribution in [-0.4, -0.2) is 40.3 Å². The molecule has 94 valence electrons. The summed E-state index contributed by atoms with van der Waals surface area (Å²) in [5.41, 5.74) is 1.87. The lowest BCUT2D eigenvalue weighted by atomic mass is 9.97. The maximum absolute atomic E-state index is 12.0. The van der Waals surface area contributed by atoms with Crippen molar-refractivity contribution < 1.29 is 14.4 Å². The van der Waals surface area contributed by atoms with Crippen LogP contribution in [0.15, 0.2) is 4.52 Å². The van der Waals surface area contributed by atoms with Crippen molar-refractivity contribution in [2.45, 2.75) is 33.3 Å². The normalized spacial score (nSPS) is 18.0. The number of rotatable bonds is 3. The molecular weight excluding hydrogens is 220 g/mol. The number of aryl methyl sites for hydroxylation is 2. The number of aliphatic hydroxyl groups excluding tert-OH is 1. The summed E-state index contributed by atoms with van der Waals surface area (Å²) >= 11 is 0. The van der Waals surface area contributed by atoms with E-state index in [9.17, 15) is 9.90 Å². The van der Waals surface area contributed by atoms with Gasteiger partial charge in [0.25, 0.3) is 0 Å². The third-order valence-corrected chi connectivity index (χ3v) is 3.29. The fraction of sp³-hybridized carbons (Fsp3) is 0.667. The fourth-order valence-electron chi connectivity index (χ4n) is 2.13. The molecule has 0 bridgehead atoms. The number of aromatic nitrogens is 1. The van der Waals surface area contributed by atoms with E-state index in [2.05, 4.69) is 5.16 Å². The molecule has 0 aromatic carbocycles. The Morgan fingerprint density at radius 2 is 2.24 bits per heavy atom. The van der Waals surface area contributed by atoms with Crippen molar-refractivity contribution in [2.75, 3.05) is 13.1 Å². The summed E-state index contributed by atoms with van der Waals surface area (Å²) in [6.45, 7) is 6.57. The molecule has 1 aromatic heterocycles. The molecule has 1 N–H and O–H groups in total. The number of hydrogen-bond acceptors (Lipinski definition) is 4. The van der Waals surface area contributed by atoms with Crippen LogP contribution in [0.1, 0.15) is 23.9 Å². The zero-order chi connectivity index (χ0) is 12.6. The summed E-state index contributed by atoms with van der Waals surface area (Å²) < 4.78 is 5.08. The number of β-amino-alcohol motifs (C(OH)–C–C–N with tert-alkyl or cyclic N) is 1. The lowest BCUT2D eigenvalue weighted by Gasteiger charge is -2.37. The SMILES string of the molecule is Cc1noc(C)c1CC(C)C(=O)N1CC(O)C1. The number of carbonyl (C=O) groups excluding carboxylic acids is 1. The highest BCUT2D eigenvalue weighted by atomic mass is 16.5. The molecule has 1 aliphatic rings. The summed E-state index contributed by atoms with van der Waals surface area (Å²) in [7, 11) is 0. The molecule has 0 spiro atoms. The molecule has 1 fully saturated rings. The third-order valence-electron chi connectivity index (χ3n) is 3.29. The van der Waals surface area contributed by atoms with Gasteiger partial charge < -0.3 is 14.5 Å². The number of amides is 1. The van der Waals surface area contributed by atoms with Crippen LogP contribution in [0.2, 0.25) is 0 Å². The second kappa shape index (κ2) is 4.49. The second-order valence-electron chi connectivity index (χ2n) is 4.80. The summed E-state index contributed by atoms with van der Waals surface area (Å²) in [5.74, 6) is 0.778. The average molecular weight is 238 g/mol. The molecule has 2 heterocycles. The lowest BCUT2D eigenvalue weighted by molar-refractivity contribution is -0.145. The van der Waals surface area contributed by atoms with E-state index in [1.807, 2.05) is 20.8 Å². The van der Waals surface area contributed by atoms with Crippen LogP contribution >= 0.6 is 0 Å². The molecular formula is C12H18N2O3. The van der Waals surface area contributed by atoms with Crippen LogP contribution in [0, 0.1) is 19.8 Å². The maximum atomic E-state index is 12.0. The molecule has 5 nitrogen and oxygen atoms in total. The minimum absolute atomic E-state index is 0.0929. The molecule has 0 radical (unpaired) electrons. The largest absolute Gasteiger partial charge is 0.389 e. The predicted octanol–water partition coefficient (Wildman–Crippen LogP) is 0.673. The summed E-state index contributed by atoms with van der Waals surface area (Å²) in [4.78, 5) is 13.7. The van der Waals surface area contributed by atoms with Crippen molar-refractivity contribution in [1.29, 1.82) is 0 Å². The van der Waals surface area contributed by atoms with Crippen molar-refractivity contribution in [3.05, 3.63) is 17.0 Å². The van der Waals surface area contributed by atoms with Gasteiger partial charge in [-0.2, -0.15) is 0 Å². The van der Waals surface area contributed by atoms with Gasteiger partial charge in [-0.15, -0.1) is 0 Å². The van der Waals surface area contributed by atoms with E-state index in [1.54, 1.807) is 4.90 Å². The topological polar surface area (TPSA) is 66.6 Å². The summed E-state index contributed by atoms with van der Waals surface area (Å²) in [5, 5.41) is 13.1. The molecule has 1 aromatic rings. The highest BCUT2D eigenvalue weighted by molar-refractivity contribution is 5.79. The van der Waals surface area contributed by atoms with E-state index in [-0.39, 0.29) is 17.9 Å². The zero-order valence-electron chi connectivity index (χ0n) is 10.4. The molecule has 1 atom stereocenters. The molecule has 1 aliphatic heterocycles. The Labute approximate surface area is 100 Å². The van der Waals surface area contributed by atoms with Crippen LogP contribution in [0.5, 0.6) is 0 Å². The van der Waals surface area contributed by atoms with Gasteiger partial charge in [-0.25, -0.2) is 0 Å². The van der Waals surface area contributed by atoms with Crippen LogP contribution < -0.4 is 0 Å². The van der Waals surface area contributed by atoms with Gasteiger partial charge in [0.2, 0.25) is 5.91 Å². The standard InChI is InChI=1S/C12H18N2O3/c1-7(12(16)14-5-10(15)6-14)4-11-8(2)13-17-9(11)3/h7,10,15H,4-6H2,1-3H3. The van der Waals surface area contributed by atoms with E-state index >= 15 is 0 Å². The first-order chi connectivity index (χ1) is 7.99. The van der Waals surface area contributed by atoms with E-state index in [4.69, 9.17) is 4.52 Å². The molecule has 1 saturated heterocycles. The van der Waals surface area contributed by atoms with E-state index < -0.39 is 0 Å². The van der Waals surface area contributed by atoms with Gasteiger partial charge in [0.1, 0.15) is 5.76 Å². The zero-order valence-corrected chi connectivity index (χ0v) is 10.4. The van der Waals surface area contributed by atoms with E-state index in [1.165, 1.54) is 0 Å². The fourth-order valence-corrected chi connectivity index (χ4v) is 2.13. The van der Waals surface area contributed by atoms with Gasteiger partial charge in [-0.3, -0.25) is 4.79 Å². The van der Waals surface area contributed by atoms with Crippen LogP contribution in [0.25, 0.3) is 0 Å². The molecule has 17 heavy (non-hydrogen) atoms. The predicted molar refractivity (Wildman–Crippen MR) is 61.4 cm³/mol. The van der Waals surface area contributed by atoms with Crippen molar-refractivity contribution in [1.82, 2.24) is 10.1 Å². The van der Waals surface area contributed by atoms with Gasteiger partial charge in [0.05, 0.1) is 11.8 Å². The minimum atomic E-state index is -0.342. The number of hydrogen-bond donors (Lipinski definition) is 1. The monoisotopic (exact) mass is 238 g/mol. The van der Waals surface area contributed by atoms with Gasteiger partial charge in [-0.1, -0.05) is 12.1 Å². The Balaban J connectivity index is 1.97. The van der Waals surface area contributed by atoms with Crippen LogP contribution in [0.3, 0.4) is 0 Å². The molecule has 2 rings (SSSR count). The molecule has 0 saturated carbocycles. The van der Waals surface area contributed by atoms with Gasteiger partial charge >= 0.3 is 0 Å². The van der Waals surface area contributed by atoms with Crippen LogP contribution in [0.4, 0.5) is 0 Å². The smallest absolute Gasteiger partial charge is 0.225 e. The second-order valence-corrected chi connectivity index (χ2v) is 4.80. The van der Waals surface area contributed by atoms with Crippen molar-refractivity contribution >= 4 is 5.91 Å². The van der Waals surface area contributed by atoms with Crippen molar-refractivity contribution in [3.8, 4) is 0 Å². The molecule has 1 amide bonds. The Kier molecular flexibility index (Phi) is 3.19. The Hall–Kier alpha value is -1.36. The van der Waals surface area contributed by atoms with Crippen LogP contribution in [-0.2, 0) is 11.2 Å². The molecule has 0 aliphatic carbocycles. The van der Waals surface area contributed by atoms with Gasteiger partial charge in [0, 0.05) is 24.6 Å². The Morgan fingerprint density at radius 1 is 1.59 bits per heavy atom. The Morgan fingerprint density at radius 3 is 2.71 bits per heavy atom. The van der Waals surface area contributed by atoms with Gasteiger partial charge in [0.15, 0.2) is 0 Å². The first-order valence-electron chi connectivity index (χ1n) is 5.87. The Bertz CT molecular complexity index is 402. The number of aliphatic hydroxyl groups is 1. The average Bonchev–Trinajstić information content (AvgIpc) is 2.55. The van der Waals surface area contributed by atoms with E-state index in [0.717, 1.165) is 17.0 Å². The quantitative estimate of drug-likeness (QED) is 0.840. The number of nitrogens with zero attached hydrogens (tertiary/aromatic N) is 2. The minimum Gasteiger partial charge on any atom is -0.389 e.